The lowest BCUT2D eigenvalue weighted by Crippen LogP contribution is -2.45. The summed E-state index contributed by atoms with van der Waals surface area (Å²) in [7, 11) is 4.99. The number of fused-ring (bicyclic) bond motifs is 4. The van der Waals surface area contributed by atoms with E-state index in [0.717, 1.165) is 25.7 Å². The number of hydrogen-bond donors (Lipinski definition) is 9. The van der Waals surface area contributed by atoms with E-state index in [2.05, 4.69) is 0 Å². The lowest BCUT2D eigenvalue weighted by molar-refractivity contribution is -0.158. The molecule has 30 atom stereocenters. The Labute approximate surface area is 581 Å². The highest BCUT2D eigenvalue weighted by Gasteiger charge is 2.42. The summed E-state index contributed by atoms with van der Waals surface area (Å²) in [5.41, 5.74) is 1.35. The van der Waals surface area contributed by atoms with E-state index in [0.29, 0.717) is 56.1 Å². The highest BCUT2D eigenvalue weighted by Crippen LogP contribution is 2.36. The van der Waals surface area contributed by atoms with Crippen LogP contribution in [-0.4, -0.2) is 214 Å². The van der Waals surface area contributed by atoms with Crippen molar-refractivity contribution in [2.75, 3.05) is 21.3 Å². The predicted octanol–water partition coefficient (Wildman–Crippen LogP) is 9.45. The first-order valence-corrected chi connectivity index (χ1v) is 36.7. The number of esters is 2. The Morgan fingerprint density at radius 3 is 1.24 bits per heavy atom. The van der Waals surface area contributed by atoms with Gasteiger partial charge in [0.25, 0.3) is 0 Å². The van der Waals surface area contributed by atoms with Crippen LogP contribution in [0.4, 0.5) is 0 Å². The first-order chi connectivity index (χ1) is 45.9. The van der Waals surface area contributed by atoms with Crippen molar-refractivity contribution in [1.82, 2.24) is 0 Å². The fourth-order valence-corrected chi connectivity index (χ4v) is 15.1. The average molecular weight is 1380 g/mol. The summed E-state index contributed by atoms with van der Waals surface area (Å²) in [4.78, 5) is 27.7. The molecule has 5 heterocycles. The molecule has 0 unspecified atom stereocenters. The molecule has 2 saturated heterocycles. The van der Waals surface area contributed by atoms with E-state index >= 15 is 0 Å². The highest BCUT2D eigenvalue weighted by molar-refractivity contribution is 5.83. The maximum absolute atomic E-state index is 13.9. The van der Waals surface area contributed by atoms with Crippen LogP contribution >= 0.6 is 0 Å². The number of aliphatic hydroxyl groups is 9. The Bertz CT molecular complexity index is 2470. The number of methoxy groups -OCH3 is 3. The van der Waals surface area contributed by atoms with Crippen LogP contribution in [0.2, 0.25) is 0 Å². The second-order valence-corrected chi connectivity index (χ2v) is 30.1. The van der Waals surface area contributed by atoms with Gasteiger partial charge in [-0.05, 0) is 129 Å². The molecule has 9 N–H and O–H groups in total. The Morgan fingerprint density at radius 2 is 0.835 bits per heavy atom. The van der Waals surface area contributed by atoms with E-state index in [4.69, 9.17) is 42.6 Å². The van der Waals surface area contributed by atoms with Crippen molar-refractivity contribution < 1.29 is 98.2 Å². The first-order valence-electron chi connectivity index (χ1n) is 36.7. The lowest BCUT2D eigenvalue weighted by atomic mass is 9.78. The molecule has 5 rings (SSSR count). The molecule has 0 radical (unpaired) electrons. The van der Waals surface area contributed by atoms with Crippen LogP contribution in [0.1, 0.15) is 199 Å². The molecular weight excluding hydrogens is 1240 g/mol. The molecule has 5 aliphatic heterocycles. The van der Waals surface area contributed by atoms with Crippen LogP contribution in [0.3, 0.4) is 0 Å². The van der Waals surface area contributed by atoms with Gasteiger partial charge < -0.3 is 88.6 Å². The molecule has 2 fully saturated rings. The summed E-state index contributed by atoms with van der Waals surface area (Å²) in [6.07, 6.45) is 12.2. The molecule has 20 nitrogen and oxygen atoms in total. The maximum atomic E-state index is 13.9. The van der Waals surface area contributed by atoms with E-state index < -0.39 is 139 Å². The zero-order valence-corrected chi connectivity index (χ0v) is 61.3. The van der Waals surface area contributed by atoms with Gasteiger partial charge in [-0.3, -0.25) is 0 Å². The van der Waals surface area contributed by atoms with E-state index in [-0.39, 0.29) is 99.5 Å². The van der Waals surface area contributed by atoms with Crippen molar-refractivity contribution in [3.63, 3.8) is 0 Å². The van der Waals surface area contributed by atoms with Crippen molar-refractivity contribution in [3.8, 4) is 0 Å². The number of carbonyl (C=O) groups is 2. The van der Waals surface area contributed by atoms with Crippen LogP contribution in [0, 0.1) is 47.3 Å². The smallest absolute Gasteiger partial charge is 0.331 e. The molecule has 97 heavy (non-hydrogen) atoms. The zero-order valence-electron chi connectivity index (χ0n) is 61.3. The Hall–Kier alpha value is -3.26. The summed E-state index contributed by atoms with van der Waals surface area (Å²) >= 11 is 0. The third kappa shape index (κ3) is 28.1. The van der Waals surface area contributed by atoms with Crippen molar-refractivity contribution in [2.45, 2.75) is 333 Å². The minimum atomic E-state index is -1.22. The van der Waals surface area contributed by atoms with Crippen molar-refractivity contribution >= 4 is 11.9 Å². The molecule has 20 heteroatoms. The number of cyclic esters (lactones) is 2. The molecule has 0 aromatic heterocycles. The van der Waals surface area contributed by atoms with Crippen LogP contribution in [-0.2, 0) is 52.2 Å². The Balaban J connectivity index is 1.35. The van der Waals surface area contributed by atoms with Crippen molar-refractivity contribution in [2.24, 2.45) is 47.3 Å². The van der Waals surface area contributed by atoms with Gasteiger partial charge in [0.2, 0.25) is 0 Å². The summed E-state index contributed by atoms with van der Waals surface area (Å²) in [6.45, 7) is 22.2. The molecule has 0 aromatic rings. The molecule has 5 aliphatic rings. The SMILES string of the molecule is CO[C@H]1C[C@H](CC[C@H](C)[C@H](O)[C@H](C)[C@H]2OC(=O)C=C/C(C)=C\C[C@H](O)C[C@@H]3C=CC[C@@H](C[C@H](OC)[C@@H](C)[C@@H](O)C[C@@H](O)[C@H](C)[C@@H]([C@@H](C)[C@@H](O)[C@@H](C)CC[C@H]4C[C@H](OC)C[C@H](C)O4)OC(=O)/C=C\C(C)=C/C[C@H](O)C[C@@H]4C=CC[C@@H](C[C@H](O)[C@@H](C)[C@@H](O)C[C@@H](O)[C@@H]2C)O4)O3)O[C@@H](C)C1. The molecule has 558 valence electrons. The second kappa shape index (κ2) is 42.4. The number of aliphatic hydroxyl groups excluding tert-OH is 9. The third-order valence-electron chi connectivity index (χ3n) is 22.0. The highest BCUT2D eigenvalue weighted by atomic mass is 16.6. The second-order valence-electron chi connectivity index (χ2n) is 30.1. The van der Waals surface area contributed by atoms with Gasteiger partial charge >= 0.3 is 11.9 Å². The number of ether oxygens (including phenoxy) is 9. The van der Waals surface area contributed by atoms with Gasteiger partial charge in [0, 0.05) is 94.7 Å². The van der Waals surface area contributed by atoms with Crippen LogP contribution < -0.4 is 0 Å². The van der Waals surface area contributed by atoms with E-state index in [9.17, 15) is 55.5 Å². The van der Waals surface area contributed by atoms with Crippen LogP contribution in [0.15, 0.2) is 71.9 Å². The standard InChI is InChI=1S/C77H130O20/c1-44-22-28-56(78)36-58-18-16-20-60(94-58)40-66(80)50(7)67(81)42-69(83)52(9)76(54(11)74(87)46(3)26-30-62-38-64(89-13)34-48(5)92-62)96-72(85)32-24-45(2)23-29-57(79)37-59-19-17-21-61(95-59)41-71(91-15)51(8)68(82)43-70(84)53(10)77(97-73(86)33-25-44)55(12)75(88)47(4)27-31-63-39-65(90-14)35-49(6)93-63/h16-19,22-25,32-33,46-71,74-84,87-88H,20-21,26-31,34-43H2,1-15H3/b32-24?,33-25-,44-22-,45-23-/t46-,47-,48-,49-,50+,51-,52-,53-,54-,55-,56-,57-,58-,59-,60-,61-,62-,63-,64+,65+,66-,67-,68-,69+,70+,71-,74-,75-,76-,77-/m0/s1. The van der Waals surface area contributed by atoms with E-state index in [1.54, 1.807) is 81.1 Å². The van der Waals surface area contributed by atoms with Gasteiger partial charge in [-0.25, -0.2) is 9.59 Å². The van der Waals surface area contributed by atoms with Gasteiger partial charge in [0.1, 0.15) is 12.2 Å². The molecule has 4 bridgehead atoms. The van der Waals surface area contributed by atoms with Crippen molar-refractivity contribution in [1.29, 1.82) is 0 Å². The summed E-state index contributed by atoms with van der Waals surface area (Å²) in [5, 5.41) is 105. The largest absolute Gasteiger partial charge is 0.458 e. The minimum absolute atomic E-state index is 0.0332. The number of hydrogen-bond acceptors (Lipinski definition) is 20. The number of carbonyl (C=O) groups excluding carboxylic acids is 2. The molecule has 0 amide bonds. The molecule has 0 saturated carbocycles. The normalized spacial score (nSPS) is 41.0. The maximum Gasteiger partial charge on any atom is 0.331 e. The molecular formula is C77H130O20. The topological polar surface area (TPSA) is 299 Å². The third-order valence-corrected chi connectivity index (χ3v) is 22.0. The van der Waals surface area contributed by atoms with Crippen LogP contribution in [0.5, 0.6) is 0 Å². The van der Waals surface area contributed by atoms with Gasteiger partial charge in [0.15, 0.2) is 0 Å². The average Bonchev–Trinajstić information content (AvgIpc) is 0.873. The molecule has 0 spiro atoms. The lowest BCUT2D eigenvalue weighted by Gasteiger charge is -2.38. The summed E-state index contributed by atoms with van der Waals surface area (Å²) < 4.78 is 55.1. The molecule has 0 aliphatic carbocycles. The fraction of sp³-hybridized carbons (Fsp3) is 0.818. The fourth-order valence-electron chi connectivity index (χ4n) is 15.1. The summed E-state index contributed by atoms with van der Waals surface area (Å²) in [5.74, 6) is -5.87. The number of allylic oxidation sites excluding steroid dienone is 4. The predicted molar refractivity (Wildman–Crippen MR) is 373 cm³/mol. The van der Waals surface area contributed by atoms with E-state index in [1.807, 2.05) is 71.9 Å². The van der Waals surface area contributed by atoms with Gasteiger partial charge in [-0.15, -0.1) is 0 Å². The minimum Gasteiger partial charge on any atom is -0.458 e. The zero-order chi connectivity index (χ0) is 71.8. The summed E-state index contributed by atoms with van der Waals surface area (Å²) in [6, 6.07) is 0. The van der Waals surface area contributed by atoms with Gasteiger partial charge in [-0.2, -0.15) is 0 Å². The monoisotopic (exact) mass is 1370 g/mol. The van der Waals surface area contributed by atoms with E-state index in [1.165, 1.54) is 12.2 Å². The first kappa shape index (κ1) is 84.4. The Kier molecular flexibility index (Phi) is 36.9. The Morgan fingerprint density at radius 1 is 0.454 bits per heavy atom. The van der Waals surface area contributed by atoms with Crippen molar-refractivity contribution in [3.05, 3.63) is 71.9 Å². The van der Waals surface area contributed by atoms with Crippen LogP contribution in [0.25, 0.3) is 0 Å². The molecule has 0 aromatic carbocycles. The quantitative estimate of drug-likeness (QED) is 0.0544. The van der Waals surface area contributed by atoms with Gasteiger partial charge in [0.05, 0.1) is 122 Å². The van der Waals surface area contributed by atoms with Gasteiger partial charge in [-0.1, -0.05) is 115 Å². The number of rotatable bonds is 15.